The molecule has 0 fully saturated rings. The average Bonchev–Trinajstić information content (AvgIpc) is 2.79. The summed E-state index contributed by atoms with van der Waals surface area (Å²) in [6.07, 6.45) is -4.08. The van der Waals surface area contributed by atoms with Crippen LogP contribution in [-0.2, 0) is 15.8 Å². The molecule has 4 N–H and O–H groups in total. The molecule has 1 aliphatic rings. The third-order valence-electron chi connectivity index (χ3n) is 6.24. The van der Waals surface area contributed by atoms with Gasteiger partial charge in [-0.25, -0.2) is 0 Å². The summed E-state index contributed by atoms with van der Waals surface area (Å²) >= 11 is 0. The fraction of sp³-hybridized carbons (Fsp3) is 0.259. The first-order valence-corrected chi connectivity index (χ1v) is 11.5. The second kappa shape index (κ2) is 9.56. The summed E-state index contributed by atoms with van der Waals surface area (Å²) in [5.74, 6) is -0.302. The Morgan fingerprint density at radius 2 is 1.69 bits per heavy atom. The van der Waals surface area contributed by atoms with Gasteiger partial charge in [0.2, 0.25) is 11.8 Å². The van der Waals surface area contributed by atoms with Crippen LogP contribution in [-0.4, -0.2) is 17.9 Å². The first-order valence-electron chi connectivity index (χ1n) is 11.5. The maximum absolute atomic E-state index is 13.4. The van der Waals surface area contributed by atoms with Crippen molar-refractivity contribution in [2.75, 3.05) is 21.3 Å². The number of nitrogens with zero attached hydrogens (tertiary/aromatic N) is 1. The molecule has 0 aromatic heterocycles. The van der Waals surface area contributed by atoms with Gasteiger partial charge < -0.3 is 21.3 Å². The van der Waals surface area contributed by atoms with E-state index in [0.29, 0.717) is 17.8 Å². The Morgan fingerprint density at radius 3 is 2.36 bits per heavy atom. The van der Waals surface area contributed by atoms with Gasteiger partial charge in [-0.2, -0.15) is 13.2 Å². The van der Waals surface area contributed by atoms with Gasteiger partial charge >= 0.3 is 6.18 Å². The minimum absolute atomic E-state index is 0.116. The Bertz CT molecular complexity index is 1320. The van der Waals surface area contributed by atoms with Crippen LogP contribution in [0.3, 0.4) is 0 Å². The molecule has 0 spiro atoms. The van der Waals surface area contributed by atoms with Crippen LogP contribution in [0.1, 0.15) is 44.4 Å². The molecule has 0 unspecified atom stereocenters. The Labute approximate surface area is 207 Å². The first kappa shape index (κ1) is 25.1. The maximum Gasteiger partial charge on any atom is 0.418 e. The van der Waals surface area contributed by atoms with Crippen LogP contribution in [0.25, 0.3) is 11.1 Å². The van der Waals surface area contributed by atoms with Crippen molar-refractivity contribution in [2.45, 2.75) is 45.5 Å². The van der Waals surface area contributed by atoms with Crippen molar-refractivity contribution in [3.63, 3.8) is 0 Å². The van der Waals surface area contributed by atoms with Crippen molar-refractivity contribution in [3.8, 4) is 11.1 Å². The van der Waals surface area contributed by atoms with Crippen molar-refractivity contribution in [1.29, 1.82) is 0 Å². The van der Waals surface area contributed by atoms with Gasteiger partial charge in [-0.1, -0.05) is 18.2 Å². The maximum atomic E-state index is 13.4. The van der Waals surface area contributed by atoms with E-state index in [9.17, 15) is 22.8 Å². The van der Waals surface area contributed by atoms with Crippen molar-refractivity contribution in [2.24, 2.45) is 0 Å². The highest BCUT2D eigenvalue weighted by Gasteiger charge is 2.35. The largest absolute Gasteiger partial charge is 0.418 e. The number of carbonyl (C=O) groups excluding carboxylic acids is 2. The number of rotatable bonds is 4. The molecule has 1 heterocycles. The number of amides is 2. The quantitative estimate of drug-likeness (QED) is 0.375. The summed E-state index contributed by atoms with van der Waals surface area (Å²) in [5, 5.41) is 5.99. The predicted octanol–water partition coefficient (Wildman–Crippen LogP) is 6.21. The number of benzene rings is 3. The highest BCUT2D eigenvalue weighted by atomic mass is 19.4. The van der Waals surface area contributed by atoms with E-state index >= 15 is 0 Å². The van der Waals surface area contributed by atoms with Gasteiger partial charge in [0, 0.05) is 42.6 Å². The molecule has 0 aliphatic carbocycles. The zero-order valence-corrected chi connectivity index (χ0v) is 20.1. The van der Waals surface area contributed by atoms with Crippen LogP contribution >= 0.6 is 0 Å². The molecular formula is C27H27F3N4O2. The summed E-state index contributed by atoms with van der Waals surface area (Å²) in [5.41, 5.74) is 8.45. The molecule has 6 nitrogen and oxygen atoms in total. The molecule has 188 valence electrons. The standard InChI is InChI=1S/C27H27F3N4O2/c1-15-11-25(33-21-8-9-24(31)23(14-21)27(28,29)30)22-13-19(7-10-26(22)34(15)17(3)36)18-5-4-6-20(12-18)32-16(2)35/h4-10,12-15,25,33H,11,31H2,1-3H3,(H,32,35)/t15-,25+/m0/s1. The molecule has 2 amide bonds. The zero-order chi connectivity index (χ0) is 26.2. The highest BCUT2D eigenvalue weighted by Crippen LogP contribution is 2.42. The summed E-state index contributed by atoms with van der Waals surface area (Å²) in [4.78, 5) is 25.6. The zero-order valence-electron chi connectivity index (χ0n) is 20.1. The van der Waals surface area contributed by atoms with Crippen LogP contribution in [0.2, 0.25) is 0 Å². The lowest BCUT2D eigenvalue weighted by molar-refractivity contribution is -0.136. The number of halogens is 3. The van der Waals surface area contributed by atoms with E-state index in [1.165, 1.54) is 26.0 Å². The summed E-state index contributed by atoms with van der Waals surface area (Å²) < 4.78 is 40.3. The van der Waals surface area contributed by atoms with Gasteiger partial charge in [0.25, 0.3) is 0 Å². The van der Waals surface area contributed by atoms with Crippen LogP contribution < -0.4 is 21.3 Å². The molecule has 1 aliphatic heterocycles. The number of carbonyl (C=O) groups is 2. The summed E-state index contributed by atoms with van der Waals surface area (Å²) in [7, 11) is 0. The first-order chi connectivity index (χ1) is 16.9. The molecular weight excluding hydrogens is 469 g/mol. The van der Waals surface area contributed by atoms with Crippen molar-refractivity contribution >= 4 is 34.6 Å². The van der Waals surface area contributed by atoms with Gasteiger partial charge in [-0.15, -0.1) is 0 Å². The average molecular weight is 497 g/mol. The number of alkyl halides is 3. The fourth-order valence-electron chi connectivity index (χ4n) is 4.73. The lowest BCUT2D eigenvalue weighted by atomic mass is 9.88. The molecule has 4 rings (SSSR count). The smallest absolute Gasteiger partial charge is 0.398 e. The molecule has 0 saturated heterocycles. The van der Waals surface area contributed by atoms with Gasteiger partial charge in [0.1, 0.15) is 0 Å². The second-order valence-electron chi connectivity index (χ2n) is 9.01. The molecule has 3 aromatic carbocycles. The molecule has 0 bridgehead atoms. The number of fused-ring (bicyclic) bond motifs is 1. The van der Waals surface area contributed by atoms with Crippen LogP contribution in [0.5, 0.6) is 0 Å². The predicted molar refractivity (Wildman–Crippen MR) is 136 cm³/mol. The SMILES string of the molecule is CC(=O)Nc1cccc(-c2ccc3c(c2)[C@H](Nc2ccc(N)c(C(F)(F)F)c2)C[C@H](C)N3C(C)=O)c1. The Hall–Kier alpha value is -4.01. The Morgan fingerprint density at radius 1 is 0.972 bits per heavy atom. The third kappa shape index (κ3) is 5.15. The van der Waals surface area contributed by atoms with E-state index in [2.05, 4.69) is 10.6 Å². The normalized spacial score (nSPS) is 17.3. The van der Waals surface area contributed by atoms with Crippen molar-refractivity contribution in [1.82, 2.24) is 0 Å². The van der Waals surface area contributed by atoms with E-state index in [1.807, 2.05) is 43.3 Å². The Kier molecular flexibility index (Phi) is 6.67. The van der Waals surface area contributed by atoms with Crippen molar-refractivity contribution in [3.05, 3.63) is 71.8 Å². The summed E-state index contributed by atoms with van der Waals surface area (Å²) in [6.45, 7) is 4.84. The second-order valence-corrected chi connectivity index (χ2v) is 9.01. The van der Waals surface area contributed by atoms with Crippen LogP contribution in [0, 0.1) is 0 Å². The molecule has 2 atom stereocenters. The monoisotopic (exact) mass is 496 g/mol. The molecule has 36 heavy (non-hydrogen) atoms. The van der Waals surface area contributed by atoms with Gasteiger partial charge in [-0.3, -0.25) is 9.59 Å². The van der Waals surface area contributed by atoms with Crippen LogP contribution in [0.4, 0.5) is 35.9 Å². The minimum atomic E-state index is -4.57. The number of hydrogen-bond donors (Lipinski definition) is 3. The van der Waals surface area contributed by atoms with E-state index < -0.39 is 11.7 Å². The summed E-state index contributed by atoms with van der Waals surface area (Å²) in [6, 6.07) is 16.3. The lowest BCUT2D eigenvalue weighted by Crippen LogP contribution is -2.43. The topological polar surface area (TPSA) is 87.5 Å². The fourth-order valence-corrected chi connectivity index (χ4v) is 4.73. The number of nitrogens with one attached hydrogen (secondary N) is 2. The molecule has 3 aromatic rings. The molecule has 0 saturated carbocycles. The number of nitrogen functional groups attached to an aromatic ring is 1. The number of hydrogen-bond acceptors (Lipinski definition) is 4. The lowest BCUT2D eigenvalue weighted by Gasteiger charge is -2.40. The van der Waals surface area contributed by atoms with E-state index in [1.54, 1.807) is 11.0 Å². The van der Waals surface area contributed by atoms with Gasteiger partial charge in [0.15, 0.2) is 0 Å². The number of anilines is 4. The van der Waals surface area contributed by atoms with Crippen LogP contribution in [0.15, 0.2) is 60.7 Å². The van der Waals surface area contributed by atoms with E-state index in [-0.39, 0.29) is 35.3 Å². The van der Waals surface area contributed by atoms with E-state index in [4.69, 9.17) is 5.73 Å². The number of nitrogens with two attached hydrogens (primary N) is 1. The van der Waals surface area contributed by atoms with E-state index in [0.717, 1.165) is 22.8 Å². The highest BCUT2D eigenvalue weighted by molar-refractivity contribution is 5.94. The van der Waals surface area contributed by atoms with Gasteiger partial charge in [0.05, 0.1) is 11.6 Å². The minimum Gasteiger partial charge on any atom is -0.398 e. The van der Waals surface area contributed by atoms with Crippen molar-refractivity contribution < 1.29 is 22.8 Å². The Balaban J connectivity index is 1.77. The third-order valence-corrected chi connectivity index (χ3v) is 6.24. The van der Waals surface area contributed by atoms with Gasteiger partial charge in [-0.05, 0) is 72.5 Å². The molecule has 9 heteroatoms. The molecule has 0 radical (unpaired) electrons.